The summed E-state index contributed by atoms with van der Waals surface area (Å²) in [4.78, 5) is 4.03. The van der Waals surface area contributed by atoms with E-state index < -0.39 is 18.0 Å². The average molecular weight is 253 g/mol. The predicted octanol–water partition coefficient (Wildman–Crippen LogP) is 1.31. The summed E-state index contributed by atoms with van der Waals surface area (Å²) < 4.78 is 32.7. The fourth-order valence-corrected chi connectivity index (χ4v) is 2.60. The van der Waals surface area contributed by atoms with Crippen molar-refractivity contribution in [2.45, 2.75) is 18.1 Å². The van der Waals surface area contributed by atoms with Gasteiger partial charge in [0.1, 0.15) is 24.1 Å². The zero-order valence-corrected chi connectivity index (χ0v) is 9.57. The number of nitrogens with two attached hydrogens (primary N) is 2. The molecule has 3 atom stereocenters. The van der Waals surface area contributed by atoms with Crippen molar-refractivity contribution in [3.63, 3.8) is 0 Å². The Bertz CT molecular complexity index is 534. The third kappa shape index (κ3) is 1.45. The number of fused-ring (bicyclic) bond motifs is 1. The summed E-state index contributed by atoms with van der Waals surface area (Å²) in [6.45, 7) is -0.821. The minimum absolute atomic E-state index is 0.0896. The predicted molar refractivity (Wildman–Crippen MR) is 63.1 cm³/mol. The second-order valence-corrected chi connectivity index (χ2v) is 4.75. The number of amidine groups is 1. The summed E-state index contributed by atoms with van der Waals surface area (Å²) in [5.74, 6) is -0.697. The SMILES string of the molecule is NC1=N[C@](CF)(c2cc(N)ccc2F)C2CC2O1. The van der Waals surface area contributed by atoms with Crippen molar-refractivity contribution in [3.05, 3.63) is 29.6 Å². The number of hydrogen-bond acceptors (Lipinski definition) is 4. The zero-order chi connectivity index (χ0) is 12.9. The van der Waals surface area contributed by atoms with Crippen molar-refractivity contribution in [1.29, 1.82) is 0 Å². The summed E-state index contributed by atoms with van der Waals surface area (Å²) in [7, 11) is 0. The Hall–Kier alpha value is -1.85. The Morgan fingerprint density at radius 1 is 1.44 bits per heavy atom. The van der Waals surface area contributed by atoms with E-state index in [0.29, 0.717) is 12.1 Å². The van der Waals surface area contributed by atoms with Crippen LogP contribution in [0.2, 0.25) is 0 Å². The molecule has 0 spiro atoms. The standard InChI is InChI=1S/C12H13F2N3O/c13-5-12(7-3-6(15)1-2-9(7)14)8-4-10(8)18-11(16)17-12/h1-3,8,10H,4-5,15H2,(H2,16,17)/t8?,10?,12-/m1/s1. The molecule has 4 nitrogen and oxygen atoms in total. The molecule has 1 aliphatic carbocycles. The number of nitrogens with zero attached hydrogens (tertiary/aromatic N) is 1. The molecule has 1 aromatic rings. The van der Waals surface area contributed by atoms with Gasteiger partial charge in [-0.3, -0.25) is 0 Å². The van der Waals surface area contributed by atoms with Gasteiger partial charge in [-0.2, -0.15) is 0 Å². The highest BCUT2D eigenvalue weighted by molar-refractivity contribution is 5.74. The van der Waals surface area contributed by atoms with Crippen LogP contribution < -0.4 is 11.5 Å². The largest absolute Gasteiger partial charge is 0.462 e. The van der Waals surface area contributed by atoms with Crippen LogP contribution in [-0.4, -0.2) is 18.8 Å². The van der Waals surface area contributed by atoms with E-state index in [0.717, 1.165) is 0 Å². The van der Waals surface area contributed by atoms with Gasteiger partial charge in [0.25, 0.3) is 6.02 Å². The number of hydrogen-bond donors (Lipinski definition) is 2. The summed E-state index contributed by atoms with van der Waals surface area (Å²) >= 11 is 0. The number of nitrogen functional groups attached to an aromatic ring is 1. The summed E-state index contributed by atoms with van der Waals surface area (Å²) in [5, 5.41) is 0. The van der Waals surface area contributed by atoms with Crippen molar-refractivity contribution < 1.29 is 13.5 Å². The van der Waals surface area contributed by atoms with E-state index in [1.165, 1.54) is 18.2 Å². The Kier molecular flexibility index (Phi) is 2.23. The van der Waals surface area contributed by atoms with Gasteiger partial charge in [0.2, 0.25) is 0 Å². The van der Waals surface area contributed by atoms with Crippen LogP contribution in [0.1, 0.15) is 12.0 Å². The molecule has 0 saturated heterocycles. The molecular formula is C12H13F2N3O. The first-order chi connectivity index (χ1) is 8.56. The Labute approximate surface area is 103 Å². The van der Waals surface area contributed by atoms with E-state index >= 15 is 0 Å². The molecule has 1 saturated carbocycles. The van der Waals surface area contributed by atoms with E-state index in [1.54, 1.807) is 0 Å². The van der Waals surface area contributed by atoms with Gasteiger partial charge in [-0.15, -0.1) is 0 Å². The van der Waals surface area contributed by atoms with E-state index in [9.17, 15) is 8.78 Å². The Morgan fingerprint density at radius 3 is 2.94 bits per heavy atom. The number of benzene rings is 1. The second kappa shape index (κ2) is 3.57. The second-order valence-electron chi connectivity index (χ2n) is 4.75. The topological polar surface area (TPSA) is 73.6 Å². The summed E-state index contributed by atoms with van der Waals surface area (Å²) in [6.07, 6.45) is 0.460. The fourth-order valence-electron chi connectivity index (χ4n) is 2.60. The number of rotatable bonds is 2. The van der Waals surface area contributed by atoms with Crippen LogP contribution in [0.3, 0.4) is 0 Å². The quantitative estimate of drug-likeness (QED) is 0.780. The molecule has 4 N–H and O–H groups in total. The van der Waals surface area contributed by atoms with Crippen LogP contribution in [0.15, 0.2) is 23.2 Å². The van der Waals surface area contributed by atoms with Gasteiger partial charge in [0, 0.05) is 17.2 Å². The first-order valence-electron chi connectivity index (χ1n) is 5.70. The van der Waals surface area contributed by atoms with Crippen molar-refractivity contribution in [3.8, 4) is 0 Å². The number of anilines is 1. The van der Waals surface area contributed by atoms with Gasteiger partial charge in [-0.25, -0.2) is 13.8 Å². The van der Waals surface area contributed by atoms with E-state index in [4.69, 9.17) is 16.2 Å². The zero-order valence-electron chi connectivity index (χ0n) is 9.57. The van der Waals surface area contributed by atoms with Gasteiger partial charge < -0.3 is 16.2 Å². The normalized spacial score (nSPS) is 33.3. The number of alkyl halides is 1. The van der Waals surface area contributed by atoms with E-state index in [2.05, 4.69) is 4.99 Å². The lowest BCUT2D eigenvalue weighted by Gasteiger charge is -2.31. The van der Waals surface area contributed by atoms with Gasteiger partial charge in [-0.05, 0) is 24.6 Å². The van der Waals surface area contributed by atoms with Crippen LogP contribution in [0, 0.1) is 11.7 Å². The van der Waals surface area contributed by atoms with Gasteiger partial charge in [0.15, 0.2) is 0 Å². The monoisotopic (exact) mass is 253 g/mol. The minimum atomic E-state index is -1.29. The van der Waals surface area contributed by atoms with Gasteiger partial charge >= 0.3 is 0 Å². The molecule has 2 unspecified atom stereocenters. The highest BCUT2D eigenvalue weighted by atomic mass is 19.1. The van der Waals surface area contributed by atoms with Crippen molar-refractivity contribution >= 4 is 11.7 Å². The van der Waals surface area contributed by atoms with Crippen LogP contribution in [0.5, 0.6) is 0 Å². The first-order valence-corrected chi connectivity index (χ1v) is 5.70. The molecule has 1 aromatic carbocycles. The van der Waals surface area contributed by atoms with Crippen LogP contribution >= 0.6 is 0 Å². The molecule has 18 heavy (non-hydrogen) atoms. The molecule has 1 aliphatic heterocycles. The lowest BCUT2D eigenvalue weighted by molar-refractivity contribution is 0.168. The fraction of sp³-hybridized carbons (Fsp3) is 0.417. The number of halogens is 2. The number of ether oxygens (including phenoxy) is 1. The van der Waals surface area contributed by atoms with E-state index in [-0.39, 0.29) is 23.6 Å². The third-order valence-corrected chi connectivity index (χ3v) is 3.59. The Morgan fingerprint density at radius 2 is 2.22 bits per heavy atom. The third-order valence-electron chi connectivity index (χ3n) is 3.59. The molecule has 2 aliphatic rings. The lowest BCUT2D eigenvalue weighted by atomic mass is 9.85. The maximum Gasteiger partial charge on any atom is 0.283 e. The first kappa shape index (κ1) is 11.3. The molecule has 6 heteroatoms. The van der Waals surface area contributed by atoms with Crippen LogP contribution in [0.25, 0.3) is 0 Å². The molecule has 1 fully saturated rings. The molecule has 96 valence electrons. The molecule has 0 radical (unpaired) electrons. The van der Waals surface area contributed by atoms with Crippen LogP contribution in [0.4, 0.5) is 14.5 Å². The van der Waals surface area contributed by atoms with Crippen molar-refractivity contribution in [2.24, 2.45) is 16.6 Å². The van der Waals surface area contributed by atoms with Crippen molar-refractivity contribution in [2.75, 3.05) is 12.4 Å². The maximum absolute atomic E-state index is 13.9. The smallest absolute Gasteiger partial charge is 0.283 e. The van der Waals surface area contributed by atoms with Gasteiger partial charge in [0.05, 0.1) is 0 Å². The minimum Gasteiger partial charge on any atom is -0.462 e. The molecule has 0 bridgehead atoms. The lowest BCUT2D eigenvalue weighted by Crippen LogP contribution is -2.39. The molecule has 0 aromatic heterocycles. The van der Waals surface area contributed by atoms with E-state index in [1.807, 2.05) is 0 Å². The highest BCUT2D eigenvalue weighted by Gasteiger charge is 2.59. The molecule has 0 amide bonds. The number of aliphatic imine (C=N–C) groups is 1. The summed E-state index contributed by atoms with van der Waals surface area (Å²) in [5.41, 5.74) is 10.4. The van der Waals surface area contributed by atoms with Crippen LogP contribution in [-0.2, 0) is 10.3 Å². The van der Waals surface area contributed by atoms with Crippen molar-refractivity contribution in [1.82, 2.24) is 0 Å². The maximum atomic E-state index is 13.9. The molecular weight excluding hydrogens is 240 g/mol. The Balaban J connectivity index is 2.16. The highest BCUT2D eigenvalue weighted by Crippen LogP contribution is 2.53. The molecule has 1 heterocycles. The average Bonchev–Trinajstić information content (AvgIpc) is 3.10. The summed E-state index contributed by atoms with van der Waals surface area (Å²) in [6, 6.07) is 3.99. The van der Waals surface area contributed by atoms with Gasteiger partial charge in [-0.1, -0.05) is 0 Å². The molecule has 3 rings (SSSR count).